The number of anilines is 1. The van der Waals surface area contributed by atoms with E-state index >= 15 is 0 Å². The van der Waals surface area contributed by atoms with Crippen LogP contribution >= 0.6 is 0 Å². The van der Waals surface area contributed by atoms with Crippen molar-refractivity contribution in [3.05, 3.63) is 71.8 Å². The molecule has 0 radical (unpaired) electrons. The highest BCUT2D eigenvalue weighted by Crippen LogP contribution is 2.20. The minimum atomic E-state index is -0.773. The first-order valence-corrected chi connectivity index (χ1v) is 8.93. The number of methoxy groups -OCH3 is 1. The zero-order valence-corrected chi connectivity index (χ0v) is 15.6. The number of rotatable bonds is 6. The van der Waals surface area contributed by atoms with Crippen LogP contribution < -0.4 is 10.1 Å². The first-order chi connectivity index (χ1) is 14.1. The van der Waals surface area contributed by atoms with E-state index in [9.17, 15) is 9.18 Å². The monoisotopic (exact) mass is 395 g/mol. The molecule has 8 nitrogen and oxygen atoms in total. The van der Waals surface area contributed by atoms with Crippen LogP contribution in [0.25, 0.3) is 0 Å². The molecule has 148 valence electrons. The Bertz CT molecular complexity index is 1050. The number of benzene rings is 2. The van der Waals surface area contributed by atoms with E-state index < -0.39 is 12.0 Å². The Balaban J connectivity index is 1.34. The lowest BCUT2D eigenvalue weighted by atomic mass is 10.0. The normalized spacial score (nSPS) is 15.5. The molecule has 1 unspecified atom stereocenters. The fourth-order valence-electron chi connectivity index (χ4n) is 2.89. The molecule has 1 aliphatic heterocycles. The summed E-state index contributed by atoms with van der Waals surface area (Å²) in [5, 5.41) is 10.8. The fourth-order valence-corrected chi connectivity index (χ4v) is 2.89. The SMILES string of the molecule is COc1ccc(C2=NOC(C(=O)Nc3ncn(Cc4ccccc4F)n3)C2)cc1. The van der Waals surface area contributed by atoms with Gasteiger partial charge in [-0.05, 0) is 35.9 Å². The first kappa shape index (κ1) is 18.6. The van der Waals surface area contributed by atoms with Crippen LogP contribution in [0.3, 0.4) is 0 Å². The van der Waals surface area contributed by atoms with Crippen LogP contribution in [-0.2, 0) is 16.2 Å². The molecule has 0 bridgehead atoms. The molecule has 0 spiro atoms. The summed E-state index contributed by atoms with van der Waals surface area (Å²) in [6.45, 7) is 0.209. The maximum Gasteiger partial charge on any atom is 0.271 e. The van der Waals surface area contributed by atoms with E-state index in [1.807, 2.05) is 24.3 Å². The second-order valence-corrected chi connectivity index (χ2v) is 6.41. The van der Waals surface area contributed by atoms with Crippen molar-refractivity contribution in [2.24, 2.45) is 5.16 Å². The lowest BCUT2D eigenvalue weighted by molar-refractivity contribution is -0.125. The van der Waals surface area contributed by atoms with Crippen molar-refractivity contribution in [2.75, 3.05) is 12.4 Å². The molecule has 3 aromatic rings. The molecular formula is C20H18FN5O3. The van der Waals surface area contributed by atoms with Gasteiger partial charge < -0.3 is 9.57 Å². The van der Waals surface area contributed by atoms with Gasteiger partial charge in [0.25, 0.3) is 5.91 Å². The minimum absolute atomic E-state index is 0.118. The molecule has 0 aliphatic carbocycles. The molecule has 1 N–H and O–H groups in total. The molecule has 29 heavy (non-hydrogen) atoms. The van der Waals surface area contributed by atoms with E-state index in [1.165, 1.54) is 17.1 Å². The molecule has 1 atom stereocenters. The second-order valence-electron chi connectivity index (χ2n) is 6.41. The number of hydrogen-bond donors (Lipinski definition) is 1. The fraction of sp³-hybridized carbons (Fsp3) is 0.200. The van der Waals surface area contributed by atoms with Crippen molar-refractivity contribution in [3.8, 4) is 5.75 Å². The third kappa shape index (κ3) is 4.23. The van der Waals surface area contributed by atoms with Crippen molar-refractivity contribution in [2.45, 2.75) is 19.1 Å². The van der Waals surface area contributed by atoms with Gasteiger partial charge in [0, 0.05) is 12.0 Å². The van der Waals surface area contributed by atoms with Gasteiger partial charge in [0.1, 0.15) is 17.9 Å². The van der Waals surface area contributed by atoms with Crippen LogP contribution in [0.5, 0.6) is 5.75 Å². The molecule has 2 aromatic carbocycles. The number of ether oxygens (including phenoxy) is 1. The number of nitrogens with one attached hydrogen (secondary N) is 1. The summed E-state index contributed by atoms with van der Waals surface area (Å²) in [7, 11) is 1.59. The van der Waals surface area contributed by atoms with E-state index in [0.717, 1.165) is 11.3 Å². The summed E-state index contributed by atoms with van der Waals surface area (Å²) in [5.41, 5.74) is 2.01. The number of nitrogens with zero attached hydrogens (tertiary/aromatic N) is 4. The molecule has 0 fully saturated rings. The van der Waals surface area contributed by atoms with Crippen LogP contribution in [0.15, 0.2) is 60.0 Å². The van der Waals surface area contributed by atoms with E-state index in [2.05, 4.69) is 20.6 Å². The van der Waals surface area contributed by atoms with Crippen molar-refractivity contribution in [1.82, 2.24) is 14.8 Å². The van der Waals surface area contributed by atoms with Crippen molar-refractivity contribution in [3.63, 3.8) is 0 Å². The van der Waals surface area contributed by atoms with Crippen LogP contribution in [0.4, 0.5) is 10.3 Å². The van der Waals surface area contributed by atoms with Gasteiger partial charge in [-0.15, -0.1) is 5.10 Å². The number of carbonyl (C=O) groups excluding carboxylic acids is 1. The molecule has 0 saturated heterocycles. The van der Waals surface area contributed by atoms with E-state index in [-0.39, 0.29) is 18.3 Å². The quantitative estimate of drug-likeness (QED) is 0.693. The van der Waals surface area contributed by atoms with Crippen molar-refractivity contribution in [1.29, 1.82) is 0 Å². The number of oxime groups is 1. The first-order valence-electron chi connectivity index (χ1n) is 8.93. The summed E-state index contributed by atoms with van der Waals surface area (Å²) in [5.74, 6) is 0.129. The number of amides is 1. The van der Waals surface area contributed by atoms with Gasteiger partial charge >= 0.3 is 0 Å². The highest BCUT2D eigenvalue weighted by Gasteiger charge is 2.29. The molecule has 1 amide bonds. The van der Waals surface area contributed by atoms with Crippen LogP contribution in [0, 0.1) is 5.82 Å². The van der Waals surface area contributed by atoms with Gasteiger partial charge in [0.15, 0.2) is 0 Å². The highest BCUT2D eigenvalue weighted by molar-refractivity contribution is 6.05. The zero-order valence-electron chi connectivity index (χ0n) is 15.6. The van der Waals surface area contributed by atoms with Gasteiger partial charge in [0.2, 0.25) is 12.1 Å². The van der Waals surface area contributed by atoms with Crippen molar-refractivity contribution >= 4 is 17.6 Å². The zero-order chi connectivity index (χ0) is 20.2. The maximum atomic E-state index is 13.7. The Hall–Kier alpha value is -3.75. The standard InChI is InChI=1S/C20H18FN5O3/c1-28-15-8-6-13(7-9-15)17-10-18(29-25-17)19(27)23-20-22-12-26(24-20)11-14-4-2-3-5-16(14)21/h2-9,12,18H,10-11H2,1H3,(H,23,24,27). The van der Waals surface area contributed by atoms with Gasteiger partial charge in [-0.3, -0.25) is 10.1 Å². The van der Waals surface area contributed by atoms with Gasteiger partial charge in [-0.1, -0.05) is 23.4 Å². The van der Waals surface area contributed by atoms with E-state index in [1.54, 1.807) is 25.3 Å². The Morgan fingerprint density at radius 2 is 2.07 bits per heavy atom. The van der Waals surface area contributed by atoms with Crippen LogP contribution in [-0.4, -0.2) is 39.6 Å². The predicted molar refractivity (Wildman–Crippen MR) is 103 cm³/mol. The molecule has 9 heteroatoms. The Morgan fingerprint density at radius 3 is 2.83 bits per heavy atom. The summed E-state index contributed by atoms with van der Waals surface area (Å²) in [6.07, 6.45) is 0.982. The second kappa shape index (κ2) is 8.09. The smallest absolute Gasteiger partial charge is 0.271 e. The van der Waals surface area contributed by atoms with Crippen LogP contribution in [0.1, 0.15) is 17.5 Å². The maximum absolute atomic E-state index is 13.7. The van der Waals surface area contributed by atoms with Gasteiger partial charge in [0.05, 0.1) is 19.4 Å². The average Bonchev–Trinajstić information content (AvgIpc) is 3.40. The Kier molecular flexibility index (Phi) is 5.19. The predicted octanol–water partition coefficient (Wildman–Crippen LogP) is 2.61. The number of halogens is 1. The summed E-state index contributed by atoms with van der Waals surface area (Å²) in [4.78, 5) is 21.7. The lowest BCUT2D eigenvalue weighted by Crippen LogP contribution is -2.28. The average molecular weight is 395 g/mol. The van der Waals surface area contributed by atoms with E-state index in [0.29, 0.717) is 17.7 Å². The number of hydrogen-bond acceptors (Lipinski definition) is 6. The molecule has 2 heterocycles. The van der Waals surface area contributed by atoms with Gasteiger partial charge in [-0.2, -0.15) is 0 Å². The number of carbonyl (C=O) groups is 1. The highest BCUT2D eigenvalue weighted by atomic mass is 19.1. The molecule has 4 rings (SSSR count). The summed E-state index contributed by atoms with van der Waals surface area (Å²) in [6, 6.07) is 13.8. The molecular weight excluding hydrogens is 377 g/mol. The largest absolute Gasteiger partial charge is 0.497 e. The third-order valence-corrected chi connectivity index (χ3v) is 4.45. The topological polar surface area (TPSA) is 90.6 Å². The molecule has 0 saturated carbocycles. The third-order valence-electron chi connectivity index (χ3n) is 4.45. The van der Waals surface area contributed by atoms with Crippen LogP contribution in [0.2, 0.25) is 0 Å². The molecule has 1 aliphatic rings. The Morgan fingerprint density at radius 1 is 1.28 bits per heavy atom. The lowest BCUT2D eigenvalue weighted by Gasteiger charge is -2.07. The summed E-state index contributed by atoms with van der Waals surface area (Å²) >= 11 is 0. The molecule has 1 aromatic heterocycles. The van der Waals surface area contributed by atoms with Gasteiger partial charge in [-0.25, -0.2) is 14.1 Å². The summed E-state index contributed by atoms with van der Waals surface area (Å²) < 4.78 is 20.3. The van der Waals surface area contributed by atoms with E-state index in [4.69, 9.17) is 9.57 Å². The van der Waals surface area contributed by atoms with Crippen molar-refractivity contribution < 1.29 is 18.8 Å². The Labute approximate surface area is 166 Å². The number of aromatic nitrogens is 3. The minimum Gasteiger partial charge on any atom is -0.497 e.